The normalized spacial score (nSPS) is 10.2. The maximum Gasteiger partial charge on any atom is 0.141 e. The molecule has 0 aliphatic carbocycles. The second kappa shape index (κ2) is 3.09. The highest BCUT2D eigenvalue weighted by Crippen LogP contribution is 2.30. The van der Waals surface area contributed by atoms with Crippen LogP contribution in [0.3, 0.4) is 0 Å². The Balaban J connectivity index is 2.86. The van der Waals surface area contributed by atoms with Gasteiger partial charge in [-0.25, -0.2) is 4.39 Å². The van der Waals surface area contributed by atoms with E-state index in [1.807, 2.05) is 6.07 Å². The van der Waals surface area contributed by atoms with Gasteiger partial charge < -0.3 is 0 Å². The molecule has 2 rings (SSSR count). The molecule has 0 amide bonds. The summed E-state index contributed by atoms with van der Waals surface area (Å²) < 4.78 is 14.6. The topological polar surface area (TPSA) is 23.8 Å². The molecule has 0 saturated carbocycles. The second-order valence-corrected chi connectivity index (χ2v) is 4.29. The summed E-state index contributed by atoms with van der Waals surface area (Å²) >= 11 is 4.58. The van der Waals surface area contributed by atoms with Crippen molar-refractivity contribution in [3.63, 3.8) is 0 Å². The van der Waals surface area contributed by atoms with Crippen molar-refractivity contribution in [2.75, 3.05) is 0 Å². The van der Waals surface area contributed by atoms with Crippen molar-refractivity contribution in [1.82, 2.24) is 0 Å². The van der Waals surface area contributed by atoms with Crippen LogP contribution in [0.25, 0.3) is 10.1 Å². The molecule has 0 aliphatic rings. The molecule has 13 heavy (non-hydrogen) atoms. The van der Waals surface area contributed by atoms with Crippen LogP contribution < -0.4 is 0 Å². The molecular weight excluding hydrogens is 253 g/mol. The lowest BCUT2D eigenvalue weighted by molar-refractivity contribution is 0.644. The van der Waals surface area contributed by atoms with Crippen LogP contribution in [-0.2, 0) is 0 Å². The standard InChI is InChI=1S/C9H3BrFNS/c10-7-2-9-6(1-5(7)3-12)8(11)4-13-9/h1-2,4H. The van der Waals surface area contributed by atoms with Crippen molar-refractivity contribution < 1.29 is 4.39 Å². The van der Waals surface area contributed by atoms with Gasteiger partial charge in [-0.05, 0) is 28.1 Å². The first kappa shape index (κ1) is 8.67. The average molecular weight is 256 g/mol. The molecular formula is C9H3BrFNS. The van der Waals surface area contributed by atoms with Gasteiger partial charge in [-0.2, -0.15) is 5.26 Å². The maximum atomic E-state index is 13.1. The van der Waals surface area contributed by atoms with Crippen molar-refractivity contribution >= 4 is 37.4 Å². The number of halogens is 2. The summed E-state index contributed by atoms with van der Waals surface area (Å²) in [7, 11) is 0. The van der Waals surface area contributed by atoms with E-state index in [0.29, 0.717) is 15.4 Å². The van der Waals surface area contributed by atoms with E-state index in [2.05, 4.69) is 15.9 Å². The van der Waals surface area contributed by atoms with Gasteiger partial charge in [0.25, 0.3) is 0 Å². The molecule has 0 unspecified atom stereocenters. The van der Waals surface area contributed by atoms with Gasteiger partial charge in [0.2, 0.25) is 0 Å². The van der Waals surface area contributed by atoms with E-state index >= 15 is 0 Å². The predicted molar refractivity (Wildman–Crippen MR) is 54.2 cm³/mol. The lowest BCUT2D eigenvalue weighted by Crippen LogP contribution is -1.77. The molecule has 0 aliphatic heterocycles. The first-order valence-electron chi connectivity index (χ1n) is 3.48. The lowest BCUT2D eigenvalue weighted by atomic mass is 10.2. The SMILES string of the molecule is N#Cc1cc2c(F)csc2cc1Br. The van der Waals surface area contributed by atoms with Crippen LogP contribution in [0.4, 0.5) is 4.39 Å². The van der Waals surface area contributed by atoms with Crippen LogP contribution in [0.1, 0.15) is 5.56 Å². The monoisotopic (exact) mass is 255 g/mol. The maximum absolute atomic E-state index is 13.1. The molecule has 0 radical (unpaired) electrons. The van der Waals surface area contributed by atoms with E-state index in [-0.39, 0.29) is 5.82 Å². The Bertz CT molecular complexity index is 512. The van der Waals surface area contributed by atoms with Gasteiger partial charge in [0.15, 0.2) is 0 Å². The summed E-state index contributed by atoms with van der Waals surface area (Å²) in [5.74, 6) is -0.260. The molecule has 64 valence electrons. The van der Waals surface area contributed by atoms with E-state index in [1.165, 1.54) is 16.7 Å². The summed E-state index contributed by atoms with van der Waals surface area (Å²) in [5, 5.41) is 10.7. The quantitative estimate of drug-likeness (QED) is 0.705. The minimum atomic E-state index is -0.260. The zero-order chi connectivity index (χ0) is 9.42. The summed E-state index contributed by atoms with van der Waals surface area (Å²) in [6, 6.07) is 5.32. The molecule has 1 nitrogen and oxygen atoms in total. The number of hydrogen-bond acceptors (Lipinski definition) is 2. The van der Waals surface area contributed by atoms with Gasteiger partial charge in [0, 0.05) is 19.9 Å². The third-order valence-electron chi connectivity index (χ3n) is 1.74. The van der Waals surface area contributed by atoms with Crippen molar-refractivity contribution in [3.8, 4) is 6.07 Å². The molecule has 2 aromatic rings. The lowest BCUT2D eigenvalue weighted by Gasteiger charge is -1.94. The number of benzene rings is 1. The smallest absolute Gasteiger partial charge is 0.141 e. The van der Waals surface area contributed by atoms with E-state index < -0.39 is 0 Å². The highest BCUT2D eigenvalue weighted by atomic mass is 79.9. The molecule has 4 heteroatoms. The van der Waals surface area contributed by atoms with Crippen LogP contribution in [-0.4, -0.2) is 0 Å². The summed E-state index contributed by atoms with van der Waals surface area (Å²) in [5.41, 5.74) is 0.463. The first-order valence-corrected chi connectivity index (χ1v) is 5.16. The number of fused-ring (bicyclic) bond motifs is 1. The highest BCUT2D eigenvalue weighted by Gasteiger charge is 2.07. The molecule has 0 saturated heterocycles. The van der Waals surface area contributed by atoms with E-state index in [1.54, 1.807) is 12.1 Å². The molecule has 1 aromatic carbocycles. The Hall–Kier alpha value is -0.920. The van der Waals surface area contributed by atoms with Crippen LogP contribution in [0, 0.1) is 17.1 Å². The minimum absolute atomic E-state index is 0.260. The van der Waals surface area contributed by atoms with Crippen LogP contribution in [0.15, 0.2) is 22.0 Å². The molecule has 0 fully saturated rings. The first-order chi connectivity index (χ1) is 6.22. The highest BCUT2D eigenvalue weighted by molar-refractivity contribution is 9.10. The Labute approximate surface area is 86.5 Å². The zero-order valence-electron chi connectivity index (χ0n) is 6.34. The van der Waals surface area contributed by atoms with Crippen molar-refractivity contribution in [3.05, 3.63) is 33.4 Å². The number of rotatable bonds is 0. The number of nitriles is 1. The van der Waals surface area contributed by atoms with Crippen molar-refractivity contribution in [1.29, 1.82) is 5.26 Å². The molecule has 0 spiro atoms. The van der Waals surface area contributed by atoms with Crippen LogP contribution >= 0.6 is 27.3 Å². The Morgan fingerprint density at radius 2 is 2.23 bits per heavy atom. The zero-order valence-corrected chi connectivity index (χ0v) is 8.75. The van der Waals surface area contributed by atoms with E-state index in [0.717, 1.165) is 4.70 Å². The van der Waals surface area contributed by atoms with E-state index in [4.69, 9.17) is 5.26 Å². The Morgan fingerprint density at radius 3 is 2.92 bits per heavy atom. The summed E-state index contributed by atoms with van der Waals surface area (Å²) in [6.45, 7) is 0. The van der Waals surface area contributed by atoms with Crippen molar-refractivity contribution in [2.24, 2.45) is 0 Å². The van der Waals surface area contributed by atoms with Gasteiger partial charge in [-0.15, -0.1) is 11.3 Å². The van der Waals surface area contributed by atoms with Crippen LogP contribution in [0.5, 0.6) is 0 Å². The van der Waals surface area contributed by atoms with Gasteiger partial charge in [0.05, 0.1) is 5.56 Å². The molecule has 1 heterocycles. The fraction of sp³-hybridized carbons (Fsp3) is 0. The Morgan fingerprint density at radius 1 is 1.46 bits per heavy atom. The third-order valence-corrected chi connectivity index (χ3v) is 3.31. The minimum Gasteiger partial charge on any atom is -0.205 e. The number of thiophene rings is 1. The van der Waals surface area contributed by atoms with E-state index in [9.17, 15) is 4.39 Å². The molecule has 0 bridgehead atoms. The summed E-state index contributed by atoms with van der Waals surface area (Å²) in [4.78, 5) is 0. The molecule has 0 atom stereocenters. The number of nitrogens with zero attached hydrogens (tertiary/aromatic N) is 1. The predicted octanol–water partition coefficient (Wildman–Crippen LogP) is 3.67. The van der Waals surface area contributed by atoms with Gasteiger partial charge in [-0.1, -0.05) is 0 Å². The average Bonchev–Trinajstić information content (AvgIpc) is 2.46. The van der Waals surface area contributed by atoms with Gasteiger partial charge >= 0.3 is 0 Å². The summed E-state index contributed by atoms with van der Waals surface area (Å²) in [6.07, 6.45) is 0. The van der Waals surface area contributed by atoms with Crippen LogP contribution in [0.2, 0.25) is 0 Å². The molecule has 1 aromatic heterocycles. The van der Waals surface area contributed by atoms with Gasteiger partial charge in [-0.3, -0.25) is 0 Å². The third kappa shape index (κ3) is 1.34. The molecule has 0 N–H and O–H groups in total. The van der Waals surface area contributed by atoms with Crippen molar-refractivity contribution in [2.45, 2.75) is 0 Å². The largest absolute Gasteiger partial charge is 0.205 e. The second-order valence-electron chi connectivity index (χ2n) is 2.52. The Kier molecular flexibility index (Phi) is 2.06. The fourth-order valence-corrected chi connectivity index (χ4v) is 2.51. The fourth-order valence-electron chi connectivity index (χ4n) is 1.10. The number of hydrogen-bond donors (Lipinski definition) is 0. The van der Waals surface area contributed by atoms with Gasteiger partial charge in [0.1, 0.15) is 11.9 Å².